The van der Waals surface area contributed by atoms with Gasteiger partial charge in [-0.15, -0.1) is 0 Å². The van der Waals surface area contributed by atoms with E-state index < -0.39 is 11.7 Å². The van der Waals surface area contributed by atoms with Crippen molar-refractivity contribution in [1.82, 2.24) is 0 Å². The molecule has 0 aromatic heterocycles. The lowest BCUT2D eigenvalue weighted by atomic mass is 9.98. The van der Waals surface area contributed by atoms with Gasteiger partial charge in [-0.3, -0.25) is 4.79 Å². The van der Waals surface area contributed by atoms with Crippen molar-refractivity contribution >= 4 is 23.2 Å². The molecule has 104 valence electrons. The highest BCUT2D eigenvalue weighted by atomic mass is 35.5. The average Bonchev–Trinajstić information content (AvgIpc) is 2.44. The summed E-state index contributed by atoms with van der Waals surface area (Å²) in [6.07, 6.45) is 0. The van der Waals surface area contributed by atoms with Gasteiger partial charge >= 0.3 is 0 Å². The Balaban J connectivity index is 2.18. The molecular weight excluding hydrogens is 279 g/mol. The van der Waals surface area contributed by atoms with Gasteiger partial charge in [-0.25, -0.2) is 4.39 Å². The molecule has 2 rings (SSSR count). The lowest BCUT2D eigenvalue weighted by Gasteiger charge is -2.15. The standard InChI is InChI=1S/C15H14ClFN2O/c16-11-6-7-14(13(17)8-11)19-15(20)12(9-18)10-4-2-1-3-5-10/h1-8,12H,9,18H2,(H,19,20). The van der Waals surface area contributed by atoms with Crippen LogP contribution in [0.4, 0.5) is 10.1 Å². The van der Waals surface area contributed by atoms with Gasteiger partial charge in [0, 0.05) is 11.6 Å². The van der Waals surface area contributed by atoms with Crippen LogP contribution < -0.4 is 11.1 Å². The molecule has 2 aromatic carbocycles. The molecule has 1 atom stereocenters. The third kappa shape index (κ3) is 3.35. The smallest absolute Gasteiger partial charge is 0.233 e. The fourth-order valence-corrected chi connectivity index (χ4v) is 2.05. The third-order valence-corrected chi connectivity index (χ3v) is 3.18. The zero-order chi connectivity index (χ0) is 14.5. The Labute approximate surface area is 121 Å². The molecule has 0 fully saturated rings. The van der Waals surface area contributed by atoms with Gasteiger partial charge in [-0.2, -0.15) is 0 Å². The molecule has 2 aromatic rings. The highest BCUT2D eigenvalue weighted by Gasteiger charge is 2.19. The molecule has 1 amide bonds. The average molecular weight is 293 g/mol. The lowest BCUT2D eigenvalue weighted by Crippen LogP contribution is -2.27. The van der Waals surface area contributed by atoms with Crippen molar-refractivity contribution in [2.45, 2.75) is 5.92 Å². The molecule has 3 nitrogen and oxygen atoms in total. The van der Waals surface area contributed by atoms with E-state index >= 15 is 0 Å². The molecule has 3 N–H and O–H groups in total. The number of rotatable bonds is 4. The van der Waals surface area contributed by atoms with Crippen molar-refractivity contribution < 1.29 is 9.18 Å². The van der Waals surface area contributed by atoms with Crippen LogP contribution in [0.2, 0.25) is 5.02 Å². The molecule has 1 unspecified atom stereocenters. The number of nitrogens with two attached hydrogens (primary N) is 1. The summed E-state index contributed by atoms with van der Waals surface area (Å²) in [5.41, 5.74) is 6.53. The van der Waals surface area contributed by atoms with Crippen LogP contribution in [0.25, 0.3) is 0 Å². The van der Waals surface area contributed by atoms with Gasteiger partial charge in [0.25, 0.3) is 0 Å². The maximum atomic E-state index is 13.7. The monoisotopic (exact) mass is 292 g/mol. The minimum Gasteiger partial charge on any atom is -0.329 e. The van der Waals surface area contributed by atoms with Crippen LogP contribution in [-0.2, 0) is 4.79 Å². The van der Waals surface area contributed by atoms with Crippen LogP contribution in [0.15, 0.2) is 48.5 Å². The van der Waals surface area contributed by atoms with E-state index in [1.54, 1.807) is 0 Å². The number of hydrogen-bond donors (Lipinski definition) is 2. The summed E-state index contributed by atoms with van der Waals surface area (Å²) in [4.78, 5) is 12.2. The van der Waals surface area contributed by atoms with Gasteiger partial charge in [0.15, 0.2) is 0 Å². The second-order valence-corrected chi connectivity index (χ2v) is 4.75. The normalized spacial score (nSPS) is 11.9. The van der Waals surface area contributed by atoms with E-state index in [-0.39, 0.29) is 23.2 Å². The number of hydrogen-bond acceptors (Lipinski definition) is 2. The molecule has 0 aliphatic carbocycles. The first-order valence-electron chi connectivity index (χ1n) is 6.12. The highest BCUT2D eigenvalue weighted by Crippen LogP contribution is 2.21. The van der Waals surface area contributed by atoms with E-state index in [1.807, 2.05) is 30.3 Å². The fraction of sp³-hybridized carbons (Fsp3) is 0.133. The van der Waals surface area contributed by atoms with Crippen molar-refractivity contribution in [3.8, 4) is 0 Å². The maximum Gasteiger partial charge on any atom is 0.233 e. The van der Waals surface area contributed by atoms with Crippen molar-refractivity contribution in [2.75, 3.05) is 11.9 Å². The zero-order valence-corrected chi connectivity index (χ0v) is 11.4. The van der Waals surface area contributed by atoms with Gasteiger partial charge < -0.3 is 11.1 Å². The predicted octanol–water partition coefficient (Wildman–Crippen LogP) is 3.16. The van der Waals surface area contributed by atoms with Gasteiger partial charge in [0.05, 0.1) is 11.6 Å². The van der Waals surface area contributed by atoms with Crippen LogP contribution in [0.3, 0.4) is 0 Å². The summed E-state index contributed by atoms with van der Waals surface area (Å²) in [5, 5.41) is 2.81. The SMILES string of the molecule is NCC(C(=O)Nc1ccc(Cl)cc1F)c1ccccc1. The van der Waals surface area contributed by atoms with Crippen molar-refractivity contribution in [2.24, 2.45) is 5.73 Å². The Hall–Kier alpha value is -1.91. The number of carbonyl (C=O) groups excluding carboxylic acids is 1. The molecule has 0 aliphatic heterocycles. The largest absolute Gasteiger partial charge is 0.329 e. The Morgan fingerprint density at radius 2 is 1.95 bits per heavy atom. The Morgan fingerprint density at radius 1 is 1.25 bits per heavy atom. The highest BCUT2D eigenvalue weighted by molar-refractivity contribution is 6.30. The van der Waals surface area contributed by atoms with Gasteiger partial charge in [-0.1, -0.05) is 41.9 Å². The number of carbonyl (C=O) groups is 1. The molecule has 5 heteroatoms. The molecule has 20 heavy (non-hydrogen) atoms. The Bertz CT molecular complexity index is 604. The van der Waals surface area contributed by atoms with Crippen LogP contribution in [0.1, 0.15) is 11.5 Å². The van der Waals surface area contributed by atoms with Crippen molar-refractivity contribution in [3.63, 3.8) is 0 Å². The second-order valence-electron chi connectivity index (χ2n) is 4.31. The van der Waals surface area contributed by atoms with Crippen molar-refractivity contribution in [1.29, 1.82) is 0 Å². The molecule has 0 heterocycles. The van der Waals surface area contributed by atoms with E-state index in [0.717, 1.165) is 11.6 Å². The molecule has 0 radical (unpaired) electrons. The summed E-state index contributed by atoms with van der Waals surface area (Å²) >= 11 is 5.67. The molecular formula is C15H14ClFN2O. The number of nitrogens with one attached hydrogen (secondary N) is 1. The number of benzene rings is 2. The zero-order valence-electron chi connectivity index (χ0n) is 10.6. The van der Waals surface area contributed by atoms with Crippen LogP contribution in [0, 0.1) is 5.82 Å². The molecule has 0 bridgehead atoms. The van der Waals surface area contributed by atoms with Crippen LogP contribution >= 0.6 is 11.6 Å². The lowest BCUT2D eigenvalue weighted by molar-refractivity contribution is -0.117. The fourth-order valence-electron chi connectivity index (χ4n) is 1.89. The Kier molecular flexibility index (Phi) is 4.71. The van der Waals surface area contributed by atoms with E-state index in [2.05, 4.69) is 5.32 Å². The molecule has 0 spiro atoms. The van der Waals surface area contributed by atoms with E-state index in [0.29, 0.717) is 0 Å². The Morgan fingerprint density at radius 3 is 2.55 bits per heavy atom. The minimum absolute atomic E-state index is 0.0915. The number of amides is 1. The summed E-state index contributed by atoms with van der Waals surface area (Å²) in [6, 6.07) is 13.2. The first-order chi connectivity index (χ1) is 9.61. The van der Waals surface area contributed by atoms with Gasteiger partial charge in [0.1, 0.15) is 5.82 Å². The third-order valence-electron chi connectivity index (χ3n) is 2.94. The summed E-state index contributed by atoms with van der Waals surface area (Å²) in [5.74, 6) is -1.44. The summed E-state index contributed by atoms with van der Waals surface area (Å²) < 4.78 is 13.7. The maximum absolute atomic E-state index is 13.7. The predicted molar refractivity (Wildman–Crippen MR) is 78.3 cm³/mol. The molecule has 0 saturated heterocycles. The molecule has 0 saturated carbocycles. The summed E-state index contributed by atoms with van der Waals surface area (Å²) in [7, 11) is 0. The quantitative estimate of drug-likeness (QED) is 0.909. The number of halogens is 2. The first kappa shape index (κ1) is 14.5. The van der Waals surface area contributed by atoms with Crippen LogP contribution in [-0.4, -0.2) is 12.5 Å². The van der Waals surface area contributed by atoms with Gasteiger partial charge in [0.2, 0.25) is 5.91 Å². The second kappa shape index (κ2) is 6.50. The first-order valence-corrected chi connectivity index (χ1v) is 6.50. The summed E-state index contributed by atoms with van der Waals surface area (Å²) in [6.45, 7) is 0.144. The van der Waals surface area contributed by atoms with Crippen LogP contribution in [0.5, 0.6) is 0 Å². The van der Waals surface area contributed by atoms with E-state index in [4.69, 9.17) is 17.3 Å². The van der Waals surface area contributed by atoms with Crippen molar-refractivity contribution in [3.05, 3.63) is 64.9 Å². The minimum atomic E-state index is -0.574. The molecule has 0 aliphatic rings. The van der Waals surface area contributed by atoms with E-state index in [9.17, 15) is 9.18 Å². The van der Waals surface area contributed by atoms with Gasteiger partial charge in [-0.05, 0) is 23.8 Å². The topological polar surface area (TPSA) is 55.1 Å². The number of anilines is 1. The van der Waals surface area contributed by atoms with E-state index in [1.165, 1.54) is 12.1 Å².